The molecule has 29 heavy (non-hydrogen) atoms. The molecule has 0 spiro atoms. The van der Waals surface area contributed by atoms with Crippen molar-refractivity contribution in [2.75, 3.05) is 13.7 Å². The predicted octanol–water partition coefficient (Wildman–Crippen LogP) is 3.23. The number of amides is 1. The number of aliphatic hydroxyl groups is 2. The second-order valence-corrected chi connectivity index (χ2v) is 7.26. The van der Waals surface area contributed by atoms with Crippen LogP contribution in [-0.4, -0.2) is 35.9 Å². The molecule has 0 aromatic heterocycles. The van der Waals surface area contributed by atoms with E-state index in [-0.39, 0.29) is 23.1 Å². The Balaban J connectivity index is 2.26. The van der Waals surface area contributed by atoms with Crippen LogP contribution in [0, 0.1) is 11.7 Å². The van der Waals surface area contributed by atoms with E-state index in [4.69, 9.17) is 21.1 Å². The summed E-state index contributed by atoms with van der Waals surface area (Å²) in [6.45, 7) is 2.85. The van der Waals surface area contributed by atoms with Crippen LogP contribution in [0.1, 0.15) is 31.0 Å². The van der Waals surface area contributed by atoms with E-state index in [1.54, 1.807) is 45.2 Å². The minimum Gasteiger partial charge on any atom is -0.497 e. The van der Waals surface area contributed by atoms with Crippen molar-refractivity contribution in [1.29, 1.82) is 0 Å². The van der Waals surface area contributed by atoms with Crippen molar-refractivity contribution >= 4 is 17.5 Å². The number of hydrogen-bond donors (Lipinski definition) is 3. The number of ether oxygens (including phenoxy) is 2. The molecular weight excluding hydrogens is 401 g/mol. The molecule has 0 radical (unpaired) electrons. The summed E-state index contributed by atoms with van der Waals surface area (Å²) in [6.07, 6.45) is -1.26. The van der Waals surface area contributed by atoms with Gasteiger partial charge < -0.3 is 25.0 Å². The van der Waals surface area contributed by atoms with Gasteiger partial charge in [-0.25, -0.2) is 4.39 Å². The van der Waals surface area contributed by atoms with Gasteiger partial charge in [-0.05, 0) is 47.9 Å². The molecule has 158 valence electrons. The first-order chi connectivity index (χ1) is 13.8. The Morgan fingerprint density at radius 2 is 1.83 bits per heavy atom. The second-order valence-electron chi connectivity index (χ2n) is 6.85. The molecule has 8 heteroatoms. The first-order valence-corrected chi connectivity index (χ1v) is 9.48. The van der Waals surface area contributed by atoms with Crippen LogP contribution >= 0.6 is 11.6 Å². The number of rotatable bonds is 9. The van der Waals surface area contributed by atoms with Crippen LogP contribution in [0.25, 0.3) is 0 Å². The molecule has 0 saturated heterocycles. The van der Waals surface area contributed by atoms with E-state index in [2.05, 4.69) is 5.32 Å². The molecule has 3 N–H and O–H groups in total. The molecule has 1 amide bonds. The largest absolute Gasteiger partial charge is 0.497 e. The number of aliphatic hydroxyl groups excluding tert-OH is 2. The molecule has 2 aromatic rings. The lowest BCUT2D eigenvalue weighted by molar-refractivity contribution is -0.132. The fourth-order valence-electron chi connectivity index (χ4n) is 2.70. The molecule has 2 rings (SSSR count). The minimum atomic E-state index is -1.26. The third kappa shape index (κ3) is 6.06. The van der Waals surface area contributed by atoms with Gasteiger partial charge in [-0.3, -0.25) is 4.79 Å². The number of carbonyl (C=O) groups is 1. The van der Waals surface area contributed by atoms with E-state index >= 15 is 0 Å². The average molecular weight is 426 g/mol. The van der Waals surface area contributed by atoms with Crippen molar-refractivity contribution in [3.8, 4) is 11.5 Å². The first-order valence-electron chi connectivity index (χ1n) is 9.10. The Bertz CT molecular complexity index is 829. The van der Waals surface area contributed by atoms with Gasteiger partial charge in [-0.15, -0.1) is 0 Å². The molecule has 2 atom stereocenters. The molecule has 0 aliphatic rings. The van der Waals surface area contributed by atoms with E-state index in [0.29, 0.717) is 17.1 Å². The summed E-state index contributed by atoms with van der Waals surface area (Å²) >= 11 is 6.22. The molecule has 0 aliphatic heterocycles. The lowest BCUT2D eigenvalue weighted by Gasteiger charge is -2.23. The van der Waals surface area contributed by atoms with Crippen LogP contribution in [0.4, 0.5) is 4.39 Å². The molecule has 2 aromatic carbocycles. The smallest absolute Gasteiger partial charge is 0.249 e. The Kier molecular flexibility index (Phi) is 8.25. The summed E-state index contributed by atoms with van der Waals surface area (Å²) in [4.78, 5) is 12.2. The SMILES string of the molecule is COc1ccc(OCc2c(Cl)cc(F)cc2C(CO)NC(=O)C(O)C(C)C)cc1. The van der Waals surface area contributed by atoms with Gasteiger partial charge in [0.1, 0.15) is 30.0 Å². The molecule has 0 fully saturated rings. The zero-order valence-corrected chi connectivity index (χ0v) is 17.2. The average Bonchev–Trinajstić information content (AvgIpc) is 2.70. The monoisotopic (exact) mass is 425 g/mol. The van der Waals surface area contributed by atoms with Gasteiger partial charge in [-0.1, -0.05) is 25.4 Å². The van der Waals surface area contributed by atoms with Gasteiger partial charge in [0.2, 0.25) is 5.91 Å². The van der Waals surface area contributed by atoms with Gasteiger partial charge in [0, 0.05) is 5.56 Å². The number of nitrogens with one attached hydrogen (secondary N) is 1. The summed E-state index contributed by atoms with van der Waals surface area (Å²) in [5.41, 5.74) is 0.692. The summed E-state index contributed by atoms with van der Waals surface area (Å²) < 4.78 is 24.8. The van der Waals surface area contributed by atoms with E-state index in [1.165, 1.54) is 6.07 Å². The molecule has 0 aliphatic carbocycles. The van der Waals surface area contributed by atoms with Crippen molar-refractivity contribution in [2.24, 2.45) is 5.92 Å². The van der Waals surface area contributed by atoms with Gasteiger partial charge in [0.05, 0.1) is 24.8 Å². The summed E-state index contributed by atoms with van der Waals surface area (Å²) in [5, 5.41) is 22.4. The van der Waals surface area contributed by atoms with Crippen LogP contribution in [0.5, 0.6) is 11.5 Å². The summed E-state index contributed by atoms with van der Waals surface area (Å²) in [7, 11) is 1.56. The van der Waals surface area contributed by atoms with Crippen molar-refractivity contribution in [3.05, 3.63) is 58.4 Å². The maximum Gasteiger partial charge on any atom is 0.249 e. The van der Waals surface area contributed by atoms with Gasteiger partial charge >= 0.3 is 0 Å². The lowest BCUT2D eigenvalue weighted by Crippen LogP contribution is -2.41. The number of benzene rings is 2. The topological polar surface area (TPSA) is 88.0 Å². The van der Waals surface area contributed by atoms with E-state index < -0.39 is 30.5 Å². The highest BCUT2D eigenvalue weighted by Crippen LogP contribution is 2.29. The normalized spacial score (nSPS) is 13.1. The van der Waals surface area contributed by atoms with E-state index in [0.717, 1.165) is 6.07 Å². The summed E-state index contributed by atoms with van der Waals surface area (Å²) in [6, 6.07) is 8.23. The first kappa shape index (κ1) is 22.9. The van der Waals surface area contributed by atoms with Crippen molar-refractivity contribution in [2.45, 2.75) is 32.6 Å². The predicted molar refractivity (Wildman–Crippen MR) is 108 cm³/mol. The van der Waals surface area contributed by atoms with Crippen molar-refractivity contribution < 1.29 is 28.9 Å². The molecule has 0 bridgehead atoms. The zero-order chi connectivity index (χ0) is 21.6. The fourth-order valence-corrected chi connectivity index (χ4v) is 2.96. The maximum atomic E-state index is 14.0. The van der Waals surface area contributed by atoms with Crippen LogP contribution in [0.2, 0.25) is 5.02 Å². The number of halogens is 2. The highest BCUT2D eigenvalue weighted by molar-refractivity contribution is 6.31. The Morgan fingerprint density at radius 3 is 2.38 bits per heavy atom. The van der Waals surface area contributed by atoms with Crippen LogP contribution in [-0.2, 0) is 11.4 Å². The molecule has 0 heterocycles. The number of hydrogen-bond acceptors (Lipinski definition) is 5. The molecule has 6 nitrogen and oxygen atoms in total. The molecule has 0 saturated carbocycles. The van der Waals surface area contributed by atoms with Gasteiger partial charge in [0.15, 0.2) is 0 Å². The second kappa shape index (κ2) is 10.4. The van der Waals surface area contributed by atoms with Gasteiger partial charge in [0.25, 0.3) is 0 Å². The highest BCUT2D eigenvalue weighted by Gasteiger charge is 2.25. The van der Waals surface area contributed by atoms with E-state index in [1.807, 2.05) is 0 Å². The fraction of sp³-hybridized carbons (Fsp3) is 0.381. The van der Waals surface area contributed by atoms with Crippen LogP contribution in [0.15, 0.2) is 36.4 Å². The number of carbonyl (C=O) groups excluding carboxylic acids is 1. The Labute approximate surface area is 174 Å². The molecule has 2 unspecified atom stereocenters. The number of methoxy groups -OCH3 is 1. The van der Waals surface area contributed by atoms with Crippen molar-refractivity contribution in [3.63, 3.8) is 0 Å². The lowest BCUT2D eigenvalue weighted by atomic mass is 9.99. The Hall–Kier alpha value is -2.35. The quantitative estimate of drug-likeness (QED) is 0.574. The van der Waals surface area contributed by atoms with Crippen molar-refractivity contribution in [1.82, 2.24) is 5.32 Å². The van der Waals surface area contributed by atoms with Gasteiger partial charge in [-0.2, -0.15) is 0 Å². The van der Waals surface area contributed by atoms with E-state index in [9.17, 15) is 19.4 Å². The third-order valence-corrected chi connectivity index (χ3v) is 4.75. The standard InChI is InChI=1S/C21H25ClFNO5/c1-12(2)20(26)21(27)24-19(10-25)16-8-13(23)9-18(22)17(16)11-29-15-6-4-14(28-3)5-7-15/h4-9,12,19-20,25-26H,10-11H2,1-3H3,(H,24,27). The summed E-state index contributed by atoms with van der Waals surface area (Å²) in [5.74, 6) is -0.387. The third-order valence-electron chi connectivity index (χ3n) is 4.41. The minimum absolute atomic E-state index is 0.0140. The Morgan fingerprint density at radius 1 is 1.21 bits per heavy atom. The zero-order valence-electron chi connectivity index (χ0n) is 16.5. The molecular formula is C21H25ClFNO5. The van der Waals surface area contributed by atoms with Crippen LogP contribution in [0.3, 0.4) is 0 Å². The highest BCUT2D eigenvalue weighted by atomic mass is 35.5. The maximum absolute atomic E-state index is 14.0. The van der Waals surface area contributed by atoms with Crippen LogP contribution < -0.4 is 14.8 Å².